The number of fused-ring (bicyclic) bond motifs is 1. The molecule has 2 heterocycles. The summed E-state index contributed by atoms with van der Waals surface area (Å²) in [7, 11) is 7.53. The van der Waals surface area contributed by atoms with Crippen LogP contribution in [0.25, 0.3) is 22.0 Å². The Bertz CT molecular complexity index is 1410. The van der Waals surface area contributed by atoms with E-state index >= 15 is 0 Å². The maximum atomic E-state index is 5.89. The summed E-state index contributed by atoms with van der Waals surface area (Å²) in [6.07, 6.45) is 3.11. The number of aromatic nitrogens is 2. The molecule has 1 saturated heterocycles. The van der Waals surface area contributed by atoms with Crippen LogP contribution in [0.3, 0.4) is 0 Å². The van der Waals surface area contributed by atoms with Crippen LogP contribution in [0.4, 0.5) is 5.82 Å². The lowest BCUT2D eigenvalue weighted by molar-refractivity contribution is 0.211. The molecule has 0 bridgehead atoms. The molecule has 0 unspecified atom stereocenters. The summed E-state index contributed by atoms with van der Waals surface area (Å²) >= 11 is 0. The summed E-state index contributed by atoms with van der Waals surface area (Å²) < 4.78 is 16.8. The number of nitrogens with one attached hydrogen (secondary N) is 1. The minimum atomic E-state index is 0. The largest absolute Gasteiger partial charge is 0.497 e. The van der Waals surface area contributed by atoms with Crippen molar-refractivity contribution in [3.63, 3.8) is 0 Å². The third kappa shape index (κ3) is 8.03. The van der Waals surface area contributed by atoms with Gasteiger partial charge in [-0.2, -0.15) is 0 Å². The van der Waals surface area contributed by atoms with Gasteiger partial charge in [0.2, 0.25) is 0 Å². The van der Waals surface area contributed by atoms with Crippen LogP contribution in [-0.4, -0.2) is 80.6 Å². The Kier molecular flexibility index (Phi) is 11.2. The Balaban J connectivity index is 0.00000405. The molecule has 4 aromatic rings. The van der Waals surface area contributed by atoms with Crippen molar-refractivity contribution in [3.8, 4) is 28.5 Å². The van der Waals surface area contributed by atoms with Gasteiger partial charge in [0, 0.05) is 48.6 Å². The molecule has 0 aliphatic carbocycles. The van der Waals surface area contributed by atoms with Crippen LogP contribution in [0.15, 0.2) is 66.7 Å². The van der Waals surface area contributed by atoms with E-state index < -0.39 is 0 Å². The first-order valence-electron chi connectivity index (χ1n) is 14.4. The number of nitrogens with zero attached hydrogens (tertiary/aromatic N) is 4. The second-order valence-corrected chi connectivity index (χ2v) is 10.9. The second kappa shape index (κ2) is 15.0. The van der Waals surface area contributed by atoms with E-state index in [4.69, 9.17) is 14.2 Å². The number of rotatable bonds is 12. The molecule has 0 atom stereocenters. The maximum absolute atomic E-state index is 5.89. The van der Waals surface area contributed by atoms with Gasteiger partial charge >= 0.3 is 0 Å². The Morgan fingerprint density at radius 3 is 2.17 bits per heavy atom. The lowest BCUT2D eigenvalue weighted by Gasteiger charge is -2.32. The first-order valence-corrected chi connectivity index (χ1v) is 14.4. The molecule has 8 nitrogen and oxygen atoms in total. The fraction of sp³-hybridized carbons (Fsp3) is 0.394. The highest BCUT2D eigenvalue weighted by Gasteiger charge is 2.21. The van der Waals surface area contributed by atoms with Crippen LogP contribution < -0.4 is 19.5 Å². The third-order valence-electron chi connectivity index (χ3n) is 7.63. The number of piperidine rings is 1. The van der Waals surface area contributed by atoms with Crippen LogP contribution in [0.5, 0.6) is 17.2 Å². The van der Waals surface area contributed by atoms with Crippen LogP contribution in [0, 0.1) is 0 Å². The van der Waals surface area contributed by atoms with Gasteiger partial charge in [-0.15, -0.1) is 22.6 Å². The quantitative estimate of drug-likeness (QED) is 0.197. The average Bonchev–Trinajstić information content (AvgIpc) is 3.01. The summed E-state index contributed by atoms with van der Waals surface area (Å²) in [4.78, 5) is 4.70. The molecule has 1 N–H and O–H groups in total. The van der Waals surface area contributed by atoms with Gasteiger partial charge in [0.15, 0.2) is 5.82 Å². The molecule has 224 valence electrons. The summed E-state index contributed by atoms with van der Waals surface area (Å²) in [5.74, 6) is 3.36. The van der Waals surface area contributed by atoms with Gasteiger partial charge in [0.1, 0.15) is 22.9 Å². The number of ether oxygens (including phenoxy) is 3. The van der Waals surface area contributed by atoms with Gasteiger partial charge in [-0.05, 0) is 93.5 Å². The standard InChI is InChI=1S/C33H41N5O3.ClH/c1-37(2)18-5-21-41-28-10-6-24(7-11-28)23-38-19-16-26(17-20-38)34-33-31-22-29(40-4)14-15-30(31)32(35-36-33)25-8-12-27(39-3)13-9-25;/h6-15,22,26H,5,16-21,23H2,1-4H3,(H,34,36);1H. The van der Waals surface area contributed by atoms with Gasteiger partial charge in [0.05, 0.1) is 20.8 Å². The number of likely N-dealkylation sites (tertiary alicyclic amines) is 1. The first kappa shape index (κ1) is 31.3. The highest BCUT2D eigenvalue weighted by atomic mass is 35.5. The number of hydrogen-bond acceptors (Lipinski definition) is 8. The molecule has 1 aliphatic heterocycles. The van der Waals surface area contributed by atoms with E-state index in [0.29, 0.717) is 6.04 Å². The van der Waals surface area contributed by atoms with Gasteiger partial charge in [-0.1, -0.05) is 12.1 Å². The lowest BCUT2D eigenvalue weighted by atomic mass is 10.0. The van der Waals surface area contributed by atoms with Gasteiger partial charge < -0.3 is 24.4 Å². The predicted octanol–water partition coefficient (Wildman–Crippen LogP) is 6.14. The van der Waals surface area contributed by atoms with Crippen LogP contribution >= 0.6 is 12.4 Å². The molecule has 3 aromatic carbocycles. The zero-order valence-corrected chi connectivity index (χ0v) is 25.8. The van der Waals surface area contributed by atoms with Crippen molar-refractivity contribution in [1.29, 1.82) is 0 Å². The number of anilines is 1. The molecule has 1 fully saturated rings. The topological polar surface area (TPSA) is 72.0 Å². The number of halogens is 1. The second-order valence-electron chi connectivity index (χ2n) is 10.9. The molecular weight excluding hydrogens is 550 g/mol. The minimum Gasteiger partial charge on any atom is -0.497 e. The molecule has 0 amide bonds. The van der Waals surface area contributed by atoms with Crippen molar-refractivity contribution in [2.24, 2.45) is 0 Å². The smallest absolute Gasteiger partial charge is 0.156 e. The van der Waals surface area contributed by atoms with Crippen LogP contribution in [0.2, 0.25) is 0 Å². The van der Waals surface area contributed by atoms with E-state index in [9.17, 15) is 0 Å². The molecule has 1 aromatic heterocycles. The molecule has 1 aliphatic rings. The fourth-order valence-corrected chi connectivity index (χ4v) is 5.28. The van der Waals surface area contributed by atoms with Crippen LogP contribution in [-0.2, 0) is 6.54 Å². The highest BCUT2D eigenvalue weighted by Crippen LogP contribution is 2.34. The Morgan fingerprint density at radius 1 is 0.833 bits per heavy atom. The monoisotopic (exact) mass is 591 g/mol. The summed E-state index contributed by atoms with van der Waals surface area (Å²) in [6.45, 7) is 4.78. The molecular formula is C33H42ClN5O3. The van der Waals surface area contributed by atoms with Gasteiger partial charge in [0.25, 0.3) is 0 Å². The SMILES string of the molecule is COc1ccc(-c2nnc(NC3CCN(Cc4ccc(OCCCN(C)C)cc4)CC3)c3cc(OC)ccc23)cc1.Cl. The molecule has 42 heavy (non-hydrogen) atoms. The number of benzene rings is 3. The predicted molar refractivity (Wildman–Crippen MR) is 172 cm³/mol. The van der Waals surface area contributed by atoms with Crippen LogP contribution in [0.1, 0.15) is 24.8 Å². The first-order chi connectivity index (χ1) is 20.0. The molecule has 0 radical (unpaired) electrons. The maximum Gasteiger partial charge on any atom is 0.156 e. The van der Waals surface area contributed by atoms with Crippen molar-refractivity contribution in [2.75, 3.05) is 59.9 Å². The average molecular weight is 592 g/mol. The summed E-state index contributed by atoms with van der Waals surface area (Å²) in [5.41, 5.74) is 3.16. The molecule has 5 rings (SSSR count). The Morgan fingerprint density at radius 2 is 1.50 bits per heavy atom. The molecule has 9 heteroatoms. The van der Waals surface area contributed by atoms with Crippen molar-refractivity contribution in [2.45, 2.75) is 31.8 Å². The van der Waals surface area contributed by atoms with Crippen molar-refractivity contribution in [3.05, 3.63) is 72.3 Å². The fourth-order valence-electron chi connectivity index (χ4n) is 5.28. The van der Waals surface area contributed by atoms with E-state index in [1.165, 1.54) is 5.56 Å². The van der Waals surface area contributed by atoms with Crippen molar-refractivity contribution >= 4 is 29.0 Å². The summed E-state index contributed by atoms with van der Waals surface area (Å²) in [6, 6.07) is 22.9. The van der Waals surface area contributed by atoms with E-state index in [1.54, 1.807) is 14.2 Å². The van der Waals surface area contributed by atoms with E-state index in [0.717, 1.165) is 97.1 Å². The van der Waals surface area contributed by atoms with Gasteiger partial charge in [-0.3, -0.25) is 4.90 Å². The van der Waals surface area contributed by atoms with Gasteiger partial charge in [-0.25, -0.2) is 0 Å². The zero-order chi connectivity index (χ0) is 28.6. The van der Waals surface area contributed by atoms with E-state index in [-0.39, 0.29) is 12.4 Å². The van der Waals surface area contributed by atoms with Crippen molar-refractivity contribution in [1.82, 2.24) is 20.0 Å². The Labute approximate surface area is 255 Å². The Hall–Kier alpha value is -3.59. The molecule has 0 saturated carbocycles. The van der Waals surface area contributed by atoms with E-state index in [1.807, 2.05) is 36.4 Å². The number of methoxy groups -OCH3 is 2. The minimum absolute atomic E-state index is 0. The normalized spacial score (nSPS) is 14.0. The number of hydrogen-bond donors (Lipinski definition) is 1. The zero-order valence-electron chi connectivity index (χ0n) is 25.0. The lowest BCUT2D eigenvalue weighted by Crippen LogP contribution is -2.38. The molecule has 0 spiro atoms. The van der Waals surface area contributed by atoms with Crippen molar-refractivity contribution < 1.29 is 14.2 Å². The summed E-state index contributed by atoms with van der Waals surface area (Å²) in [5, 5.41) is 15.0. The highest BCUT2D eigenvalue weighted by molar-refractivity contribution is 6.00. The van der Waals surface area contributed by atoms with E-state index in [2.05, 4.69) is 69.7 Å². The third-order valence-corrected chi connectivity index (χ3v) is 7.63.